The molecule has 0 unspecified atom stereocenters. The fourth-order valence-corrected chi connectivity index (χ4v) is 3.65. The van der Waals surface area contributed by atoms with Crippen molar-refractivity contribution in [3.8, 4) is 11.5 Å². The second-order valence-corrected chi connectivity index (χ2v) is 6.87. The van der Waals surface area contributed by atoms with Gasteiger partial charge in [0.05, 0.1) is 23.9 Å². The Hall–Kier alpha value is -3.20. The molecule has 0 N–H and O–H groups in total. The van der Waals surface area contributed by atoms with Crippen molar-refractivity contribution in [1.82, 2.24) is 4.57 Å². The number of hydrogen-bond donors (Lipinski definition) is 0. The van der Waals surface area contributed by atoms with Crippen molar-refractivity contribution in [1.29, 1.82) is 0 Å². The van der Waals surface area contributed by atoms with Crippen molar-refractivity contribution in [3.05, 3.63) is 53.1 Å². The Morgan fingerprint density at radius 1 is 1.14 bits per heavy atom. The Kier molecular flexibility index (Phi) is 6.61. The topological polar surface area (TPSA) is 79.1 Å². The number of hydrogen-bond acceptors (Lipinski definition) is 6. The number of methoxy groups -OCH3 is 1. The third-order valence-electron chi connectivity index (χ3n) is 3.88. The number of amides is 1. The average molecular weight is 418 g/mol. The molecule has 0 radical (unpaired) electrons. The number of nitrogens with zero attached hydrogens (tertiary/aromatic N) is 2. The van der Waals surface area contributed by atoms with E-state index in [4.69, 9.17) is 14.2 Å². The lowest BCUT2D eigenvalue weighted by Gasteiger charge is -2.06. The van der Waals surface area contributed by atoms with Crippen molar-refractivity contribution >= 4 is 33.4 Å². The molecule has 1 amide bonds. The zero-order valence-electron chi connectivity index (χ0n) is 15.9. The summed E-state index contributed by atoms with van der Waals surface area (Å²) in [6.07, 6.45) is 0. The second-order valence-electron chi connectivity index (χ2n) is 5.86. The van der Waals surface area contributed by atoms with Crippen LogP contribution in [0.4, 0.5) is 4.39 Å². The quantitative estimate of drug-likeness (QED) is 0.552. The predicted octanol–water partition coefficient (Wildman–Crippen LogP) is 2.92. The molecule has 0 bridgehead atoms. The summed E-state index contributed by atoms with van der Waals surface area (Å²) in [6, 6.07) is 10.9. The minimum Gasteiger partial charge on any atom is -0.497 e. The van der Waals surface area contributed by atoms with E-state index in [0.29, 0.717) is 21.7 Å². The summed E-state index contributed by atoms with van der Waals surface area (Å²) < 4.78 is 31.1. The highest BCUT2D eigenvalue weighted by atomic mass is 32.1. The van der Waals surface area contributed by atoms with Gasteiger partial charge in [0.2, 0.25) is 0 Å². The third-order valence-corrected chi connectivity index (χ3v) is 4.92. The number of benzene rings is 2. The number of esters is 1. The van der Waals surface area contributed by atoms with Gasteiger partial charge in [0.1, 0.15) is 23.9 Å². The number of fused-ring (bicyclic) bond motifs is 1. The highest BCUT2D eigenvalue weighted by Gasteiger charge is 2.13. The van der Waals surface area contributed by atoms with Crippen LogP contribution in [0.15, 0.2) is 47.5 Å². The fourth-order valence-electron chi connectivity index (χ4n) is 2.58. The number of carbonyl (C=O) groups is 2. The molecule has 0 saturated heterocycles. The number of ether oxygens (including phenoxy) is 3. The molecule has 0 aliphatic rings. The first kappa shape index (κ1) is 20.5. The zero-order valence-corrected chi connectivity index (χ0v) is 16.7. The monoisotopic (exact) mass is 418 g/mol. The van der Waals surface area contributed by atoms with Crippen LogP contribution in [0.1, 0.15) is 6.92 Å². The number of halogens is 1. The van der Waals surface area contributed by atoms with Crippen molar-refractivity contribution in [3.63, 3.8) is 0 Å². The molecule has 0 spiro atoms. The van der Waals surface area contributed by atoms with Crippen molar-refractivity contribution < 1.29 is 28.2 Å². The molecule has 3 aromatic rings. The Bertz CT molecular complexity index is 1090. The molecule has 3 rings (SSSR count). The maximum absolute atomic E-state index is 13.6. The van der Waals surface area contributed by atoms with E-state index in [-0.39, 0.29) is 24.6 Å². The first-order valence-corrected chi connectivity index (χ1v) is 9.60. The van der Waals surface area contributed by atoms with E-state index in [9.17, 15) is 14.0 Å². The molecule has 0 fully saturated rings. The van der Waals surface area contributed by atoms with Gasteiger partial charge >= 0.3 is 5.97 Å². The molecular weight excluding hydrogens is 399 g/mol. The van der Waals surface area contributed by atoms with Gasteiger partial charge < -0.3 is 18.8 Å². The zero-order chi connectivity index (χ0) is 20.8. The minimum atomic E-state index is -0.537. The van der Waals surface area contributed by atoms with Crippen LogP contribution in [0, 0.1) is 5.82 Å². The normalized spacial score (nSPS) is 11.5. The summed E-state index contributed by atoms with van der Waals surface area (Å²) in [5.74, 6) is -0.258. The molecule has 1 aromatic heterocycles. The number of carbonyl (C=O) groups excluding carboxylic acids is 2. The van der Waals surface area contributed by atoms with Crippen LogP contribution in [0.2, 0.25) is 0 Å². The molecule has 7 nitrogen and oxygen atoms in total. The summed E-state index contributed by atoms with van der Waals surface area (Å²) in [5, 5.41) is 0. The lowest BCUT2D eigenvalue weighted by molar-refractivity contribution is -0.143. The summed E-state index contributed by atoms with van der Waals surface area (Å²) in [5.41, 5.74) is 0.590. The molecule has 0 atom stereocenters. The Labute approximate surface area is 170 Å². The van der Waals surface area contributed by atoms with E-state index in [2.05, 4.69) is 4.99 Å². The van der Waals surface area contributed by atoms with Crippen LogP contribution in [-0.2, 0) is 20.9 Å². The molecule has 2 aromatic carbocycles. The van der Waals surface area contributed by atoms with E-state index in [0.717, 1.165) is 11.3 Å². The Morgan fingerprint density at radius 2 is 1.86 bits per heavy atom. The van der Waals surface area contributed by atoms with Gasteiger partial charge in [-0.25, -0.2) is 4.39 Å². The number of aromatic nitrogens is 1. The Balaban J connectivity index is 1.84. The molecular formula is C20H19FN2O5S. The summed E-state index contributed by atoms with van der Waals surface area (Å²) >= 11 is 1.11. The lowest BCUT2D eigenvalue weighted by Crippen LogP contribution is -2.24. The van der Waals surface area contributed by atoms with Gasteiger partial charge in [-0.1, -0.05) is 11.3 Å². The van der Waals surface area contributed by atoms with Crippen molar-refractivity contribution in [2.75, 3.05) is 20.3 Å². The maximum atomic E-state index is 13.6. The first-order chi connectivity index (χ1) is 14.0. The smallest absolute Gasteiger partial charge is 0.326 e. The summed E-state index contributed by atoms with van der Waals surface area (Å²) in [4.78, 5) is 28.6. The molecule has 9 heteroatoms. The SMILES string of the molecule is CCOC(=O)Cn1c(=NC(=O)COc2ccc(OC)cc2)sc2cc(F)ccc21. The standard InChI is InChI=1S/C20H19FN2O5S/c1-3-27-19(25)11-23-16-9-4-13(21)10-17(16)29-20(23)22-18(24)12-28-15-7-5-14(26-2)6-8-15/h4-10H,3,11-12H2,1-2H3. The van der Waals surface area contributed by atoms with Crippen molar-refractivity contribution in [2.24, 2.45) is 4.99 Å². The summed E-state index contributed by atoms with van der Waals surface area (Å²) in [6.45, 7) is 1.52. The van der Waals surface area contributed by atoms with E-state index in [1.807, 2.05) is 0 Å². The average Bonchev–Trinajstić information content (AvgIpc) is 3.02. The molecule has 1 heterocycles. The van der Waals surface area contributed by atoms with Gasteiger partial charge in [0, 0.05) is 0 Å². The van der Waals surface area contributed by atoms with Gasteiger partial charge in [0.25, 0.3) is 5.91 Å². The largest absolute Gasteiger partial charge is 0.497 e. The van der Waals surface area contributed by atoms with Crippen LogP contribution in [0.3, 0.4) is 0 Å². The van der Waals surface area contributed by atoms with E-state index >= 15 is 0 Å². The maximum Gasteiger partial charge on any atom is 0.326 e. The van der Waals surface area contributed by atoms with Crippen LogP contribution in [0.25, 0.3) is 10.2 Å². The number of rotatable bonds is 7. The molecule has 0 aliphatic heterocycles. The highest BCUT2D eigenvalue weighted by Crippen LogP contribution is 2.19. The van der Waals surface area contributed by atoms with E-state index in [1.54, 1.807) is 38.3 Å². The molecule has 0 saturated carbocycles. The van der Waals surface area contributed by atoms with Gasteiger partial charge in [-0.2, -0.15) is 4.99 Å². The number of thiazole rings is 1. The lowest BCUT2D eigenvalue weighted by atomic mass is 10.3. The third kappa shape index (κ3) is 5.20. The van der Waals surface area contributed by atoms with Gasteiger partial charge in [-0.05, 0) is 49.4 Å². The van der Waals surface area contributed by atoms with Gasteiger partial charge in [-0.3, -0.25) is 9.59 Å². The highest BCUT2D eigenvalue weighted by molar-refractivity contribution is 7.16. The Morgan fingerprint density at radius 3 is 2.55 bits per heavy atom. The van der Waals surface area contributed by atoms with Crippen LogP contribution >= 0.6 is 11.3 Å². The minimum absolute atomic E-state index is 0.134. The van der Waals surface area contributed by atoms with Crippen LogP contribution < -0.4 is 14.3 Å². The second kappa shape index (κ2) is 9.33. The molecule has 152 valence electrons. The fraction of sp³-hybridized carbons (Fsp3) is 0.250. The predicted molar refractivity (Wildman–Crippen MR) is 105 cm³/mol. The van der Waals surface area contributed by atoms with Crippen molar-refractivity contribution in [2.45, 2.75) is 13.5 Å². The van der Waals surface area contributed by atoms with E-state index < -0.39 is 17.7 Å². The van der Waals surface area contributed by atoms with Crippen LogP contribution in [0.5, 0.6) is 11.5 Å². The molecule has 0 aliphatic carbocycles. The van der Waals surface area contributed by atoms with Gasteiger partial charge in [0.15, 0.2) is 11.4 Å². The van der Waals surface area contributed by atoms with Gasteiger partial charge in [-0.15, -0.1) is 0 Å². The van der Waals surface area contributed by atoms with E-state index in [1.165, 1.54) is 22.8 Å². The summed E-state index contributed by atoms with van der Waals surface area (Å²) in [7, 11) is 1.56. The van der Waals surface area contributed by atoms with Crippen LogP contribution in [-0.4, -0.2) is 36.8 Å². The first-order valence-electron chi connectivity index (χ1n) is 8.79. The molecule has 29 heavy (non-hydrogen) atoms.